The van der Waals surface area contributed by atoms with Crippen LogP contribution in [0.1, 0.15) is 21.5 Å². The molecular formula is C25H20F3N3O5S. The number of sulfonamides is 1. The maximum atomic E-state index is 13.0. The fraction of sp³-hybridized carbons (Fsp3) is 0.120. The van der Waals surface area contributed by atoms with Crippen LogP contribution in [0.25, 0.3) is 10.9 Å². The molecule has 0 aliphatic rings. The number of nitrogens with one attached hydrogen (secondary N) is 3. The average Bonchev–Trinajstić information content (AvgIpc) is 2.87. The Morgan fingerprint density at radius 3 is 2.43 bits per heavy atom. The summed E-state index contributed by atoms with van der Waals surface area (Å²) >= 11 is 0. The zero-order chi connectivity index (χ0) is 26.8. The number of alkyl halides is 3. The Morgan fingerprint density at radius 2 is 1.76 bits per heavy atom. The molecule has 0 fully saturated rings. The molecule has 12 heteroatoms. The van der Waals surface area contributed by atoms with Crippen LogP contribution in [0.15, 0.2) is 82.6 Å². The number of halogens is 3. The number of aromatic nitrogens is 1. The number of H-pyrrole nitrogens is 1. The molecule has 192 valence electrons. The summed E-state index contributed by atoms with van der Waals surface area (Å²) in [4.78, 5) is 28.1. The number of fused-ring (bicyclic) bond motifs is 1. The Bertz CT molecular complexity index is 1630. The summed E-state index contributed by atoms with van der Waals surface area (Å²) in [5, 5.41) is 2.55. The number of rotatable bonds is 7. The zero-order valence-corrected chi connectivity index (χ0v) is 20.0. The molecule has 0 spiro atoms. The molecule has 0 bridgehead atoms. The van der Waals surface area contributed by atoms with E-state index in [1.807, 2.05) is 0 Å². The highest BCUT2D eigenvalue weighted by Crippen LogP contribution is 2.31. The standard InChI is InChI=1S/C25H20F3N3O5S/c1-36-18-7-5-15(6-8-18)13-30-24(33)21-14-29-22-10-9-19(12-20(22)23(21)32)37(34,35)31-17-4-2-3-16(11-17)25(26,27)28/h2-12,14,31H,13H2,1H3,(H,29,32)(H,30,33). The number of carbonyl (C=O) groups excluding carboxylic acids is 1. The topological polar surface area (TPSA) is 117 Å². The van der Waals surface area contributed by atoms with Gasteiger partial charge < -0.3 is 15.0 Å². The Hall–Kier alpha value is -4.32. The highest BCUT2D eigenvalue weighted by Gasteiger charge is 2.30. The van der Waals surface area contributed by atoms with Crippen LogP contribution in [0.4, 0.5) is 18.9 Å². The largest absolute Gasteiger partial charge is 0.497 e. The van der Waals surface area contributed by atoms with Crippen LogP contribution in [-0.2, 0) is 22.7 Å². The summed E-state index contributed by atoms with van der Waals surface area (Å²) in [5.74, 6) is -0.0244. The van der Waals surface area contributed by atoms with E-state index in [2.05, 4.69) is 15.0 Å². The summed E-state index contributed by atoms with van der Waals surface area (Å²) in [6.07, 6.45) is -3.43. The fourth-order valence-electron chi connectivity index (χ4n) is 3.53. The van der Waals surface area contributed by atoms with Gasteiger partial charge in [-0.1, -0.05) is 18.2 Å². The number of hydrogen-bond donors (Lipinski definition) is 3. The van der Waals surface area contributed by atoms with Crippen LogP contribution in [0.5, 0.6) is 5.75 Å². The molecule has 0 radical (unpaired) electrons. The molecule has 1 amide bonds. The van der Waals surface area contributed by atoms with Crippen molar-refractivity contribution in [2.75, 3.05) is 11.8 Å². The lowest BCUT2D eigenvalue weighted by Gasteiger charge is -2.12. The first kappa shape index (κ1) is 25.8. The van der Waals surface area contributed by atoms with Gasteiger partial charge in [-0.15, -0.1) is 0 Å². The van der Waals surface area contributed by atoms with Gasteiger partial charge in [0, 0.05) is 29.3 Å². The fourth-order valence-corrected chi connectivity index (χ4v) is 4.60. The molecule has 4 rings (SSSR count). The Labute approximate surface area is 209 Å². The maximum Gasteiger partial charge on any atom is 0.416 e. The number of ether oxygens (including phenoxy) is 1. The number of benzene rings is 3. The third-order valence-corrected chi connectivity index (χ3v) is 6.84. The van der Waals surface area contributed by atoms with Crippen LogP contribution in [0.3, 0.4) is 0 Å². The SMILES string of the molecule is COc1ccc(CNC(=O)c2c[nH]c3ccc(S(=O)(=O)Nc4cccc(C(F)(F)F)c4)cc3c2=O)cc1. The quantitative estimate of drug-likeness (QED) is 0.329. The number of carbonyl (C=O) groups is 1. The van der Waals surface area contributed by atoms with E-state index in [1.165, 1.54) is 31.5 Å². The molecule has 0 aliphatic heterocycles. The highest BCUT2D eigenvalue weighted by molar-refractivity contribution is 7.92. The first-order valence-corrected chi connectivity index (χ1v) is 12.2. The number of anilines is 1. The molecule has 0 atom stereocenters. The lowest BCUT2D eigenvalue weighted by Crippen LogP contribution is -2.28. The lowest BCUT2D eigenvalue weighted by molar-refractivity contribution is -0.137. The van der Waals surface area contributed by atoms with Crippen LogP contribution in [0, 0.1) is 0 Å². The van der Waals surface area contributed by atoms with Gasteiger partial charge in [-0.25, -0.2) is 8.42 Å². The van der Waals surface area contributed by atoms with Gasteiger partial charge in [0.15, 0.2) is 0 Å². The molecule has 3 aromatic carbocycles. The van der Waals surface area contributed by atoms with Gasteiger partial charge in [0.05, 0.1) is 17.6 Å². The van der Waals surface area contributed by atoms with Crippen molar-refractivity contribution in [2.24, 2.45) is 0 Å². The minimum atomic E-state index is -4.65. The smallest absolute Gasteiger partial charge is 0.416 e. The molecule has 0 unspecified atom stereocenters. The molecular weight excluding hydrogens is 511 g/mol. The van der Waals surface area contributed by atoms with Gasteiger partial charge >= 0.3 is 6.18 Å². The van der Waals surface area contributed by atoms with Crippen molar-refractivity contribution in [3.05, 3.63) is 99.8 Å². The van der Waals surface area contributed by atoms with Crippen molar-refractivity contribution in [1.82, 2.24) is 10.3 Å². The third-order valence-electron chi connectivity index (χ3n) is 5.46. The predicted octanol–water partition coefficient (Wildman–Crippen LogP) is 4.29. The number of hydrogen-bond acceptors (Lipinski definition) is 5. The molecule has 3 N–H and O–H groups in total. The Morgan fingerprint density at radius 1 is 1.03 bits per heavy atom. The lowest BCUT2D eigenvalue weighted by atomic mass is 10.1. The van der Waals surface area contributed by atoms with Crippen LogP contribution in [0.2, 0.25) is 0 Å². The van der Waals surface area contributed by atoms with Crippen molar-refractivity contribution in [3.8, 4) is 5.75 Å². The van der Waals surface area contributed by atoms with Crippen LogP contribution >= 0.6 is 0 Å². The van der Waals surface area contributed by atoms with Crippen LogP contribution < -0.4 is 20.2 Å². The molecule has 4 aromatic rings. The predicted molar refractivity (Wildman–Crippen MR) is 131 cm³/mol. The normalized spacial score (nSPS) is 11.8. The average molecular weight is 532 g/mol. The number of aromatic amines is 1. The number of amides is 1. The number of pyridine rings is 1. The van der Waals surface area contributed by atoms with E-state index in [0.717, 1.165) is 23.8 Å². The van der Waals surface area contributed by atoms with E-state index < -0.39 is 33.1 Å². The second-order valence-electron chi connectivity index (χ2n) is 7.95. The summed E-state index contributed by atoms with van der Waals surface area (Å²) in [6, 6.07) is 14.2. The zero-order valence-electron chi connectivity index (χ0n) is 19.2. The Balaban J connectivity index is 1.59. The molecule has 0 saturated carbocycles. The van der Waals surface area contributed by atoms with E-state index in [0.29, 0.717) is 11.8 Å². The van der Waals surface area contributed by atoms with E-state index in [4.69, 9.17) is 4.74 Å². The van der Waals surface area contributed by atoms with E-state index in [9.17, 15) is 31.2 Å². The maximum absolute atomic E-state index is 13.0. The first-order valence-electron chi connectivity index (χ1n) is 10.7. The van der Waals surface area contributed by atoms with E-state index in [-0.39, 0.29) is 33.6 Å². The summed E-state index contributed by atoms with van der Waals surface area (Å²) in [5.41, 5.74) is -1.22. The Kier molecular flexibility index (Phi) is 6.94. The summed E-state index contributed by atoms with van der Waals surface area (Å²) < 4.78 is 71.8. The van der Waals surface area contributed by atoms with Gasteiger partial charge in [-0.3, -0.25) is 14.3 Å². The molecule has 1 heterocycles. The number of methoxy groups -OCH3 is 1. The highest BCUT2D eigenvalue weighted by atomic mass is 32.2. The van der Waals surface area contributed by atoms with Gasteiger partial charge in [-0.2, -0.15) is 13.2 Å². The second kappa shape index (κ2) is 9.97. The second-order valence-corrected chi connectivity index (χ2v) is 9.64. The molecule has 37 heavy (non-hydrogen) atoms. The van der Waals surface area contributed by atoms with Crippen molar-refractivity contribution in [1.29, 1.82) is 0 Å². The van der Waals surface area contributed by atoms with Gasteiger partial charge in [0.2, 0.25) is 5.43 Å². The third kappa shape index (κ3) is 5.75. The summed E-state index contributed by atoms with van der Waals surface area (Å²) in [7, 11) is -2.82. The molecule has 8 nitrogen and oxygen atoms in total. The van der Waals surface area contributed by atoms with Crippen molar-refractivity contribution >= 4 is 32.5 Å². The minimum absolute atomic E-state index is 0.0796. The molecule has 1 aromatic heterocycles. The monoisotopic (exact) mass is 531 g/mol. The van der Waals surface area contributed by atoms with E-state index in [1.54, 1.807) is 24.3 Å². The minimum Gasteiger partial charge on any atom is -0.497 e. The van der Waals surface area contributed by atoms with Crippen molar-refractivity contribution in [3.63, 3.8) is 0 Å². The van der Waals surface area contributed by atoms with Gasteiger partial charge in [0.25, 0.3) is 15.9 Å². The van der Waals surface area contributed by atoms with Crippen molar-refractivity contribution in [2.45, 2.75) is 17.6 Å². The van der Waals surface area contributed by atoms with Gasteiger partial charge in [-0.05, 0) is 54.1 Å². The summed E-state index contributed by atoms with van der Waals surface area (Å²) in [6.45, 7) is 0.135. The molecule has 0 aliphatic carbocycles. The van der Waals surface area contributed by atoms with E-state index >= 15 is 0 Å². The van der Waals surface area contributed by atoms with Gasteiger partial charge in [0.1, 0.15) is 11.3 Å². The van der Waals surface area contributed by atoms with Crippen LogP contribution in [-0.4, -0.2) is 26.4 Å². The first-order chi connectivity index (χ1) is 17.5. The van der Waals surface area contributed by atoms with Crippen molar-refractivity contribution < 1.29 is 31.1 Å². The molecule has 0 saturated heterocycles.